The lowest BCUT2D eigenvalue weighted by Gasteiger charge is -2.09. The number of imidazole rings is 1. The van der Waals surface area contributed by atoms with Crippen molar-refractivity contribution in [2.24, 2.45) is 0 Å². The number of rotatable bonds is 5. The summed E-state index contributed by atoms with van der Waals surface area (Å²) in [5, 5.41) is 14.5. The zero-order chi connectivity index (χ0) is 19.5. The van der Waals surface area contributed by atoms with Crippen LogP contribution in [0.25, 0.3) is 5.69 Å². The van der Waals surface area contributed by atoms with Gasteiger partial charge < -0.3 is 5.32 Å². The van der Waals surface area contributed by atoms with Crippen molar-refractivity contribution in [3.8, 4) is 11.8 Å². The average Bonchev–Trinajstić information content (AvgIpc) is 3.30. The summed E-state index contributed by atoms with van der Waals surface area (Å²) in [5.74, 6) is 0.0867. The number of anilines is 1. The van der Waals surface area contributed by atoms with E-state index in [9.17, 15) is 10.1 Å². The third kappa shape index (κ3) is 3.95. The van der Waals surface area contributed by atoms with Crippen molar-refractivity contribution in [3.63, 3.8) is 0 Å². The van der Waals surface area contributed by atoms with Crippen LogP contribution in [0.2, 0.25) is 5.02 Å². The fraction of sp³-hybridized carbons (Fsp3) is 0.250. The number of hydrogen-bond acceptors (Lipinski definition) is 5. The zero-order valence-electron chi connectivity index (χ0n) is 14.9. The Kier molecular flexibility index (Phi) is 5.72. The van der Waals surface area contributed by atoms with E-state index in [1.54, 1.807) is 17.5 Å². The summed E-state index contributed by atoms with van der Waals surface area (Å²) in [6.07, 6.45) is 7.74. The third-order valence-corrected chi connectivity index (χ3v) is 7.01. The molecular formula is C20H17ClN4OS2. The number of carbonyl (C=O) groups is 1. The number of nitriles is 1. The zero-order valence-corrected chi connectivity index (χ0v) is 17.3. The second kappa shape index (κ2) is 8.39. The van der Waals surface area contributed by atoms with Gasteiger partial charge in [0.05, 0.1) is 11.3 Å². The molecule has 1 aliphatic rings. The van der Waals surface area contributed by atoms with Crippen molar-refractivity contribution in [2.75, 3.05) is 11.1 Å². The van der Waals surface area contributed by atoms with Gasteiger partial charge >= 0.3 is 0 Å². The second-order valence-corrected chi connectivity index (χ2v) is 8.90. The second-order valence-electron chi connectivity index (χ2n) is 6.42. The predicted molar refractivity (Wildman–Crippen MR) is 114 cm³/mol. The summed E-state index contributed by atoms with van der Waals surface area (Å²) in [5.41, 5.74) is 2.70. The van der Waals surface area contributed by atoms with E-state index in [1.807, 2.05) is 35.0 Å². The number of aromatic nitrogens is 2. The quantitative estimate of drug-likeness (QED) is 0.576. The Bertz CT molecular complexity index is 1050. The molecule has 0 saturated carbocycles. The number of fused-ring (bicyclic) bond motifs is 1. The maximum atomic E-state index is 12.5. The summed E-state index contributed by atoms with van der Waals surface area (Å²) >= 11 is 8.85. The van der Waals surface area contributed by atoms with Crippen LogP contribution in [0.5, 0.6) is 0 Å². The van der Waals surface area contributed by atoms with Gasteiger partial charge in [0, 0.05) is 28.0 Å². The summed E-state index contributed by atoms with van der Waals surface area (Å²) in [6, 6.07) is 9.73. The average molecular weight is 429 g/mol. The molecule has 0 atom stereocenters. The molecule has 2 heterocycles. The SMILES string of the molecule is N#Cc1c(NC(=O)CSc2nccn2-c2ccc(Cl)cc2)sc2c1CCCC2. The molecule has 1 aliphatic carbocycles. The van der Waals surface area contributed by atoms with Gasteiger partial charge in [-0.1, -0.05) is 23.4 Å². The molecule has 1 N–H and O–H groups in total. The highest BCUT2D eigenvalue weighted by Gasteiger charge is 2.22. The molecule has 4 rings (SSSR count). The number of benzene rings is 1. The molecular weight excluding hydrogens is 412 g/mol. The molecule has 1 amide bonds. The lowest BCUT2D eigenvalue weighted by atomic mass is 9.96. The number of thioether (sulfide) groups is 1. The molecule has 3 aromatic rings. The van der Waals surface area contributed by atoms with Crippen LogP contribution in [-0.4, -0.2) is 21.2 Å². The molecule has 0 radical (unpaired) electrons. The number of thiophene rings is 1. The van der Waals surface area contributed by atoms with Gasteiger partial charge in [0.2, 0.25) is 5.91 Å². The third-order valence-electron chi connectivity index (χ3n) is 4.58. The van der Waals surface area contributed by atoms with E-state index < -0.39 is 0 Å². The first-order chi connectivity index (χ1) is 13.7. The first-order valence-corrected chi connectivity index (χ1v) is 11.1. The number of amides is 1. The van der Waals surface area contributed by atoms with Crippen LogP contribution in [0.1, 0.15) is 28.8 Å². The highest BCUT2D eigenvalue weighted by atomic mass is 35.5. The molecule has 0 bridgehead atoms. The van der Waals surface area contributed by atoms with E-state index >= 15 is 0 Å². The summed E-state index contributed by atoms with van der Waals surface area (Å²) in [7, 11) is 0. The topological polar surface area (TPSA) is 70.7 Å². The number of nitrogens with one attached hydrogen (secondary N) is 1. The standard InChI is InChI=1S/C20H17ClN4OS2/c21-13-5-7-14(8-6-13)25-10-9-23-20(25)27-12-18(26)24-19-16(11-22)15-3-1-2-4-17(15)28-19/h5-10H,1-4,12H2,(H,24,26). The number of hydrogen-bond donors (Lipinski definition) is 1. The monoisotopic (exact) mass is 428 g/mol. The minimum atomic E-state index is -0.134. The van der Waals surface area contributed by atoms with Crippen molar-refractivity contribution < 1.29 is 4.79 Å². The normalized spacial score (nSPS) is 13.0. The molecule has 28 heavy (non-hydrogen) atoms. The van der Waals surface area contributed by atoms with Crippen LogP contribution in [0, 0.1) is 11.3 Å². The van der Waals surface area contributed by atoms with Crippen LogP contribution in [-0.2, 0) is 17.6 Å². The van der Waals surface area contributed by atoms with Crippen molar-refractivity contribution >= 4 is 45.6 Å². The van der Waals surface area contributed by atoms with Crippen molar-refractivity contribution in [2.45, 2.75) is 30.8 Å². The number of halogens is 1. The van der Waals surface area contributed by atoms with Gasteiger partial charge in [0.1, 0.15) is 11.1 Å². The maximum absolute atomic E-state index is 12.5. The van der Waals surface area contributed by atoms with Gasteiger partial charge in [-0.05, 0) is 55.5 Å². The molecule has 8 heteroatoms. The van der Waals surface area contributed by atoms with Crippen LogP contribution in [0.4, 0.5) is 5.00 Å². The van der Waals surface area contributed by atoms with Crippen molar-refractivity contribution in [3.05, 3.63) is 57.7 Å². The largest absolute Gasteiger partial charge is 0.316 e. The van der Waals surface area contributed by atoms with Gasteiger partial charge in [0.15, 0.2) is 5.16 Å². The van der Waals surface area contributed by atoms with E-state index in [-0.39, 0.29) is 11.7 Å². The van der Waals surface area contributed by atoms with Gasteiger partial charge in [-0.25, -0.2) is 4.98 Å². The van der Waals surface area contributed by atoms with E-state index in [2.05, 4.69) is 16.4 Å². The van der Waals surface area contributed by atoms with Crippen LogP contribution < -0.4 is 5.32 Å². The fourth-order valence-corrected chi connectivity index (χ4v) is 5.41. The molecule has 0 fully saturated rings. The first kappa shape index (κ1) is 19.1. The highest BCUT2D eigenvalue weighted by Crippen LogP contribution is 2.37. The van der Waals surface area contributed by atoms with E-state index in [1.165, 1.54) is 16.6 Å². The highest BCUT2D eigenvalue weighted by molar-refractivity contribution is 7.99. The molecule has 5 nitrogen and oxygen atoms in total. The Labute approximate surface area is 176 Å². The predicted octanol–water partition coefficient (Wildman–Crippen LogP) is 5.07. The minimum Gasteiger partial charge on any atom is -0.316 e. The lowest BCUT2D eigenvalue weighted by Crippen LogP contribution is -2.14. The molecule has 0 unspecified atom stereocenters. The number of carbonyl (C=O) groups excluding carboxylic acids is 1. The Morgan fingerprint density at radius 1 is 1.32 bits per heavy atom. The van der Waals surface area contributed by atoms with E-state index in [0.717, 1.165) is 42.1 Å². The van der Waals surface area contributed by atoms with Crippen LogP contribution >= 0.6 is 34.7 Å². The van der Waals surface area contributed by atoms with E-state index in [0.29, 0.717) is 15.6 Å². The molecule has 1 aromatic carbocycles. The summed E-state index contributed by atoms with van der Waals surface area (Å²) < 4.78 is 1.92. The first-order valence-electron chi connectivity index (χ1n) is 8.92. The van der Waals surface area contributed by atoms with Crippen LogP contribution in [0.3, 0.4) is 0 Å². The summed E-state index contributed by atoms with van der Waals surface area (Å²) in [6.45, 7) is 0. The van der Waals surface area contributed by atoms with Crippen LogP contribution in [0.15, 0.2) is 41.8 Å². The van der Waals surface area contributed by atoms with Gasteiger partial charge in [-0.3, -0.25) is 9.36 Å². The van der Waals surface area contributed by atoms with E-state index in [4.69, 9.17) is 11.6 Å². The lowest BCUT2D eigenvalue weighted by molar-refractivity contribution is -0.113. The Morgan fingerprint density at radius 3 is 2.89 bits per heavy atom. The Hall–Kier alpha value is -2.27. The number of nitrogens with zero attached hydrogens (tertiary/aromatic N) is 3. The molecule has 0 aliphatic heterocycles. The molecule has 142 valence electrons. The van der Waals surface area contributed by atoms with Crippen molar-refractivity contribution in [1.29, 1.82) is 5.26 Å². The van der Waals surface area contributed by atoms with Gasteiger partial charge in [0.25, 0.3) is 0 Å². The fourth-order valence-electron chi connectivity index (χ4n) is 3.26. The molecule has 2 aromatic heterocycles. The maximum Gasteiger partial charge on any atom is 0.235 e. The molecule has 0 spiro atoms. The Balaban J connectivity index is 1.44. The number of aryl methyl sites for hydroxylation is 1. The molecule has 0 saturated heterocycles. The minimum absolute atomic E-state index is 0.134. The Morgan fingerprint density at radius 2 is 2.11 bits per heavy atom. The van der Waals surface area contributed by atoms with Gasteiger partial charge in [-0.2, -0.15) is 5.26 Å². The summed E-state index contributed by atoms with van der Waals surface area (Å²) in [4.78, 5) is 18.1. The smallest absolute Gasteiger partial charge is 0.235 e. The van der Waals surface area contributed by atoms with Crippen molar-refractivity contribution in [1.82, 2.24) is 9.55 Å². The van der Waals surface area contributed by atoms with Gasteiger partial charge in [-0.15, -0.1) is 11.3 Å².